The number of carbonyl (C=O) groups excluding carboxylic acids is 2. The SMILES string of the molecule is O=C(NCC(=O)N1CC[C@@H]2CNC[C@@H]2CC1)NC1CCCCC1. The molecule has 3 N–H and O–H groups in total. The Kier molecular flexibility index (Phi) is 5.75. The average molecular weight is 322 g/mol. The molecule has 3 aliphatic rings. The van der Waals surface area contributed by atoms with Gasteiger partial charge in [0.25, 0.3) is 0 Å². The van der Waals surface area contributed by atoms with Crippen molar-refractivity contribution < 1.29 is 9.59 Å². The lowest BCUT2D eigenvalue weighted by molar-refractivity contribution is -0.130. The van der Waals surface area contributed by atoms with E-state index in [-0.39, 0.29) is 24.5 Å². The maximum atomic E-state index is 12.3. The number of fused-ring (bicyclic) bond motifs is 1. The lowest BCUT2D eigenvalue weighted by Crippen LogP contribution is -2.47. The summed E-state index contributed by atoms with van der Waals surface area (Å²) in [5, 5.41) is 9.18. The van der Waals surface area contributed by atoms with E-state index in [1.807, 2.05) is 4.90 Å². The van der Waals surface area contributed by atoms with Crippen molar-refractivity contribution in [2.45, 2.75) is 51.0 Å². The molecule has 0 bridgehead atoms. The van der Waals surface area contributed by atoms with Gasteiger partial charge in [-0.2, -0.15) is 0 Å². The van der Waals surface area contributed by atoms with Crippen molar-refractivity contribution >= 4 is 11.9 Å². The number of likely N-dealkylation sites (tertiary alicyclic amines) is 1. The first kappa shape index (κ1) is 16.6. The molecule has 0 aromatic heterocycles. The zero-order valence-corrected chi connectivity index (χ0v) is 14.0. The third-order valence-electron chi connectivity index (χ3n) is 5.71. The highest BCUT2D eigenvalue weighted by Crippen LogP contribution is 2.27. The number of urea groups is 1. The van der Waals surface area contributed by atoms with E-state index in [0.29, 0.717) is 0 Å². The molecular weight excluding hydrogens is 292 g/mol. The van der Waals surface area contributed by atoms with Gasteiger partial charge in [-0.15, -0.1) is 0 Å². The molecule has 2 aliphatic heterocycles. The molecule has 1 saturated carbocycles. The van der Waals surface area contributed by atoms with E-state index in [4.69, 9.17) is 0 Å². The van der Waals surface area contributed by atoms with Crippen LogP contribution in [0.3, 0.4) is 0 Å². The summed E-state index contributed by atoms with van der Waals surface area (Å²) in [6.07, 6.45) is 7.93. The Hall–Kier alpha value is -1.30. The third kappa shape index (κ3) is 4.59. The maximum Gasteiger partial charge on any atom is 0.315 e. The molecule has 0 spiro atoms. The first-order valence-corrected chi connectivity index (χ1v) is 9.25. The van der Waals surface area contributed by atoms with Gasteiger partial charge >= 0.3 is 6.03 Å². The van der Waals surface area contributed by atoms with Gasteiger partial charge in [-0.3, -0.25) is 4.79 Å². The Morgan fingerprint density at radius 3 is 2.26 bits per heavy atom. The van der Waals surface area contributed by atoms with Crippen LogP contribution in [0.25, 0.3) is 0 Å². The van der Waals surface area contributed by atoms with Gasteiger partial charge in [-0.1, -0.05) is 19.3 Å². The zero-order chi connectivity index (χ0) is 16.1. The highest BCUT2D eigenvalue weighted by atomic mass is 16.2. The van der Waals surface area contributed by atoms with Crippen molar-refractivity contribution in [2.75, 3.05) is 32.7 Å². The van der Waals surface area contributed by atoms with Gasteiger partial charge in [0.2, 0.25) is 5.91 Å². The van der Waals surface area contributed by atoms with Gasteiger partial charge in [0.1, 0.15) is 0 Å². The summed E-state index contributed by atoms with van der Waals surface area (Å²) in [5.74, 6) is 1.49. The summed E-state index contributed by atoms with van der Waals surface area (Å²) in [5.41, 5.74) is 0. The lowest BCUT2D eigenvalue weighted by atomic mass is 9.92. The van der Waals surface area contributed by atoms with Crippen LogP contribution < -0.4 is 16.0 Å². The molecule has 6 nitrogen and oxygen atoms in total. The lowest BCUT2D eigenvalue weighted by Gasteiger charge is -2.24. The number of hydrogen-bond acceptors (Lipinski definition) is 3. The Morgan fingerprint density at radius 2 is 1.61 bits per heavy atom. The monoisotopic (exact) mass is 322 g/mol. The predicted octanol–water partition coefficient (Wildman–Crippen LogP) is 1.08. The normalized spacial score (nSPS) is 28.8. The molecule has 2 saturated heterocycles. The van der Waals surface area contributed by atoms with Crippen LogP contribution in [-0.4, -0.2) is 55.6 Å². The molecule has 6 heteroatoms. The Morgan fingerprint density at radius 1 is 0.957 bits per heavy atom. The van der Waals surface area contributed by atoms with E-state index < -0.39 is 0 Å². The molecule has 2 heterocycles. The molecule has 1 aliphatic carbocycles. The van der Waals surface area contributed by atoms with E-state index in [1.54, 1.807) is 0 Å². The number of carbonyl (C=O) groups is 2. The van der Waals surface area contributed by atoms with Crippen LogP contribution in [0, 0.1) is 11.8 Å². The topological polar surface area (TPSA) is 73.5 Å². The summed E-state index contributed by atoms with van der Waals surface area (Å²) in [7, 11) is 0. The minimum atomic E-state index is -0.193. The fraction of sp³-hybridized carbons (Fsp3) is 0.882. The number of nitrogens with one attached hydrogen (secondary N) is 3. The van der Waals surface area contributed by atoms with Gasteiger partial charge in [-0.05, 0) is 50.6 Å². The van der Waals surface area contributed by atoms with Gasteiger partial charge in [0.05, 0.1) is 6.54 Å². The molecule has 0 aromatic carbocycles. The van der Waals surface area contributed by atoms with Crippen LogP contribution in [-0.2, 0) is 4.79 Å². The fourth-order valence-corrected chi connectivity index (χ4v) is 4.22. The molecule has 0 radical (unpaired) electrons. The molecule has 2 atom stereocenters. The second-order valence-corrected chi connectivity index (χ2v) is 7.30. The molecular formula is C17H30N4O2. The summed E-state index contributed by atoms with van der Waals surface area (Å²) >= 11 is 0. The first-order valence-electron chi connectivity index (χ1n) is 9.25. The van der Waals surface area contributed by atoms with Crippen LogP contribution in [0.5, 0.6) is 0 Å². The minimum absolute atomic E-state index is 0.0525. The summed E-state index contributed by atoms with van der Waals surface area (Å²) < 4.78 is 0. The van der Waals surface area contributed by atoms with E-state index in [2.05, 4.69) is 16.0 Å². The van der Waals surface area contributed by atoms with Crippen molar-refractivity contribution in [3.63, 3.8) is 0 Å². The molecule has 3 amide bonds. The highest BCUT2D eigenvalue weighted by Gasteiger charge is 2.31. The number of rotatable bonds is 3. The summed E-state index contributed by atoms with van der Waals surface area (Å²) in [6.45, 7) is 3.96. The predicted molar refractivity (Wildman–Crippen MR) is 89.1 cm³/mol. The smallest absolute Gasteiger partial charge is 0.315 e. The standard InChI is InChI=1S/C17H30N4O2/c22-16(12-19-17(23)20-15-4-2-1-3-5-15)21-8-6-13-10-18-11-14(13)7-9-21/h13-15,18H,1-12H2,(H2,19,20,23)/t13-,14+. The molecule has 0 aromatic rings. The van der Waals surface area contributed by atoms with E-state index in [1.165, 1.54) is 19.3 Å². The van der Waals surface area contributed by atoms with Crippen LogP contribution in [0.1, 0.15) is 44.9 Å². The van der Waals surface area contributed by atoms with E-state index in [9.17, 15) is 9.59 Å². The van der Waals surface area contributed by atoms with Crippen molar-refractivity contribution in [3.05, 3.63) is 0 Å². The molecule has 3 fully saturated rings. The fourth-order valence-electron chi connectivity index (χ4n) is 4.22. The van der Waals surface area contributed by atoms with Crippen molar-refractivity contribution in [3.8, 4) is 0 Å². The Bertz CT molecular complexity index is 409. The minimum Gasteiger partial charge on any atom is -0.341 e. The van der Waals surface area contributed by atoms with Crippen molar-refractivity contribution in [1.29, 1.82) is 0 Å². The van der Waals surface area contributed by atoms with E-state index in [0.717, 1.165) is 63.7 Å². The largest absolute Gasteiger partial charge is 0.341 e. The van der Waals surface area contributed by atoms with E-state index >= 15 is 0 Å². The molecule has 0 unspecified atom stereocenters. The zero-order valence-electron chi connectivity index (χ0n) is 14.0. The molecule has 130 valence electrons. The van der Waals surface area contributed by atoms with Crippen LogP contribution in [0.15, 0.2) is 0 Å². The van der Waals surface area contributed by atoms with Gasteiger partial charge in [-0.25, -0.2) is 4.79 Å². The Balaban J connectivity index is 1.37. The second kappa shape index (κ2) is 7.99. The van der Waals surface area contributed by atoms with Gasteiger partial charge < -0.3 is 20.9 Å². The van der Waals surface area contributed by atoms with Crippen LogP contribution >= 0.6 is 0 Å². The van der Waals surface area contributed by atoms with Crippen LogP contribution in [0.2, 0.25) is 0 Å². The average Bonchev–Trinajstić information content (AvgIpc) is 2.92. The van der Waals surface area contributed by atoms with Crippen molar-refractivity contribution in [1.82, 2.24) is 20.9 Å². The maximum absolute atomic E-state index is 12.3. The summed E-state index contributed by atoms with van der Waals surface area (Å²) in [4.78, 5) is 26.2. The van der Waals surface area contributed by atoms with Crippen LogP contribution in [0.4, 0.5) is 4.79 Å². The second-order valence-electron chi connectivity index (χ2n) is 7.30. The number of amides is 3. The number of nitrogens with zero attached hydrogens (tertiary/aromatic N) is 1. The quantitative estimate of drug-likeness (QED) is 0.728. The van der Waals surface area contributed by atoms with Gasteiger partial charge in [0.15, 0.2) is 0 Å². The molecule has 3 rings (SSSR count). The van der Waals surface area contributed by atoms with Crippen molar-refractivity contribution in [2.24, 2.45) is 11.8 Å². The number of hydrogen-bond donors (Lipinski definition) is 3. The third-order valence-corrected chi connectivity index (χ3v) is 5.71. The van der Waals surface area contributed by atoms with Gasteiger partial charge in [0, 0.05) is 19.1 Å². The first-order chi connectivity index (χ1) is 11.2. The Labute approximate surface area is 138 Å². The highest BCUT2D eigenvalue weighted by molar-refractivity contribution is 5.84. The summed E-state index contributed by atoms with van der Waals surface area (Å²) in [6, 6.07) is 0.0880. The molecule has 23 heavy (non-hydrogen) atoms.